The fraction of sp³-hybridized carbons (Fsp3) is 0.625. The van der Waals surface area contributed by atoms with E-state index in [1.807, 2.05) is 0 Å². The van der Waals surface area contributed by atoms with Crippen LogP contribution in [0.4, 0.5) is 0 Å². The molecule has 2 saturated heterocycles. The molecule has 15 heteroatoms. The average molecular weight is 555 g/mol. The van der Waals surface area contributed by atoms with Crippen LogP contribution in [0.25, 0.3) is 0 Å². The van der Waals surface area contributed by atoms with Gasteiger partial charge in [-0.15, -0.1) is 0 Å². The Morgan fingerprint density at radius 1 is 1.10 bits per heavy atom. The lowest BCUT2D eigenvalue weighted by molar-refractivity contribution is -0.233. The van der Waals surface area contributed by atoms with E-state index in [-0.39, 0.29) is 25.0 Å². The van der Waals surface area contributed by atoms with E-state index < -0.39 is 67.2 Å². The van der Waals surface area contributed by atoms with Crippen molar-refractivity contribution in [1.82, 2.24) is 14.7 Å². The lowest BCUT2D eigenvalue weighted by atomic mass is 9.97. The van der Waals surface area contributed by atoms with Crippen LogP contribution in [0.3, 0.4) is 0 Å². The molecule has 0 aromatic rings. The molecule has 0 bridgehead atoms. The first-order chi connectivity index (χ1) is 18.5. The van der Waals surface area contributed by atoms with E-state index in [2.05, 4.69) is 6.58 Å². The molecular formula is C24H34N4O11. The predicted molar refractivity (Wildman–Crippen MR) is 128 cm³/mol. The minimum atomic E-state index is -1.57. The molecule has 10 atom stereocenters. The van der Waals surface area contributed by atoms with Gasteiger partial charge in [0.2, 0.25) is 11.8 Å². The molecule has 4 rings (SSSR count). The molecule has 0 aliphatic carbocycles. The second-order valence-electron chi connectivity index (χ2n) is 9.59. The van der Waals surface area contributed by atoms with Crippen LogP contribution >= 0.6 is 0 Å². The van der Waals surface area contributed by atoms with Crippen molar-refractivity contribution in [3.05, 3.63) is 36.7 Å². The highest BCUT2D eigenvalue weighted by Crippen LogP contribution is 2.34. The molecule has 4 aliphatic heterocycles. The Hall–Kier alpha value is -2.82. The summed E-state index contributed by atoms with van der Waals surface area (Å²) in [6, 6.07) is -1.05. The maximum Gasteiger partial charge on any atom is 0.373 e. The molecule has 15 nitrogen and oxygen atoms in total. The minimum Gasteiger partial charge on any atom is -0.387 e. The van der Waals surface area contributed by atoms with E-state index in [4.69, 9.17) is 29.5 Å². The largest absolute Gasteiger partial charge is 0.387 e. The molecule has 216 valence electrons. The van der Waals surface area contributed by atoms with Gasteiger partial charge in [-0.05, 0) is 18.7 Å². The number of carbonyl (C=O) groups excluding carboxylic acids is 4. The van der Waals surface area contributed by atoms with Gasteiger partial charge in [-0.25, -0.2) is 0 Å². The van der Waals surface area contributed by atoms with Crippen molar-refractivity contribution < 1.29 is 53.8 Å². The van der Waals surface area contributed by atoms with Gasteiger partial charge in [0.1, 0.15) is 48.8 Å². The summed E-state index contributed by atoms with van der Waals surface area (Å²) in [5.41, 5.74) is 6.20. The van der Waals surface area contributed by atoms with E-state index in [1.165, 1.54) is 16.0 Å². The van der Waals surface area contributed by atoms with Gasteiger partial charge in [-0.2, -0.15) is 9.59 Å². The second kappa shape index (κ2) is 13.0. The normalized spacial score (nSPS) is 37.9. The smallest absolute Gasteiger partial charge is 0.373 e. The summed E-state index contributed by atoms with van der Waals surface area (Å²) in [7, 11) is 3.23. The number of likely N-dealkylation sites (N-methyl/N-ethyl adjacent to an activating group) is 2. The van der Waals surface area contributed by atoms with Crippen LogP contribution < -0.4 is 5.73 Å². The molecule has 2 fully saturated rings. The summed E-state index contributed by atoms with van der Waals surface area (Å²) in [6.45, 7) is 4.01. The third-order valence-corrected chi connectivity index (χ3v) is 6.96. The lowest BCUT2D eigenvalue weighted by Gasteiger charge is -2.38. The number of hydrogen-bond acceptors (Lipinski definition) is 13. The molecule has 10 unspecified atom stereocenters. The zero-order valence-corrected chi connectivity index (χ0v) is 21.5. The topological polar surface area (TPSA) is 213 Å². The number of amides is 2. The molecule has 0 aromatic heterocycles. The van der Waals surface area contributed by atoms with Crippen LogP contribution in [0.2, 0.25) is 0 Å². The van der Waals surface area contributed by atoms with E-state index in [0.717, 1.165) is 0 Å². The lowest BCUT2D eigenvalue weighted by Crippen LogP contribution is -2.59. The zero-order chi connectivity index (χ0) is 29.0. The molecule has 6 N–H and O–H groups in total. The molecule has 39 heavy (non-hydrogen) atoms. The van der Waals surface area contributed by atoms with Gasteiger partial charge in [-0.3, -0.25) is 19.4 Å². The van der Waals surface area contributed by atoms with E-state index in [9.17, 15) is 30.0 Å². The number of aliphatic hydroxyl groups is 4. The number of nitrogens with two attached hydrogens (primary N) is 1. The Bertz CT molecular complexity index is 1020. The van der Waals surface area contributed by atoms with Crippen LogP contribution in [-0.2, 0) is 33.4 Å². The molecule has 4 heterocycles. The SMILES string of the molecule is C=C1C=CN(C2OC(C(OC3OC(CN)C(O)C3O)C3C(=O)N(C)C=CCN3C)C(O)C2O)C(=O)C1.O=C=O. The Balaban J connectivity index is 0.00000134. The highest BCUT2D eigenvalue weighted by molar-refractivity contribution is 5.84. The van der Waals surface area contributed by atoms with E-state index in [0.29, 0.717) is 12.1 Å². The highest BCUT2D eigenvalue weighted by atomic mass is 16.7. The van der Waals surface area contributed by atoms with Crippen molar-refractivity contribution in [3.8, 4) is 0 Å². The summed E-state index contributed by atoms with van der Waals surface area (Å²) in [6.07, 6.45) is -5.43. The average Bonchev–Trinajstić information content (AvgIpc) is 3.28. The summed E-state index contributed by atoms with van der Waals surface area (Å²) in [4.78, 5) is 46.4. The standard InChI is InChI=1S/C23H34N4O9.CO2/c1-11-5-8-27(13(28)9-11)22-17(31)16(30)20(35-22)19(14-21(33)26(3)7-4-6-25(14)2)36-23-18(32)15(29)12(10-24)34-23;2-1-3/h4-5,7-8,12,14-20,22-23,29-32H,1,6,9-10,24H2,2-3H3;. The second-order valence-corrected chi connectivity index (χ2v) is 9.59. The van der Waals surface area contributed by atoms with Gasteiger partial charge in [0.15, 0.2) is 12.5 Å². The highest BCUT2D eigenvalue weighted by Gasteiger charge is 2.55. The first-order valence-electron chi connectivity index (χ1n) is 12.2. The molecule has 0 aromatic carbocycles. The van der Waals surface area contributed by atoms with Gasteiger partial charge in [0.25, 0.3) is 0 Å². The van der Waals surface area contributed by atoms with Crippen molar-refractivity contribution >= 4 is 18.0 Å². The van der Waals surface area contributed by atoms with Crippen molar-refractivity contribution in [2.24, 2.45) is 5.73 Å². The van der Waals surface area contributed by atoms with Crippen molar-refractivity contribution in [2.75, 3.05) is 27.2 Å². The first kappa shape index (κ1) is 30.7. The third kappa shape index (κ3) is 6.34. The number of rotatable bonds is 6. The van der Waals surface area contributed by atoms with Crippen LogP contribution in [0, 0.1) is 0 Å². The summed E-state index contributed by atoms with van der Waals surface area (Å²) < 4.78 is 17.6. The Morgan fingerprint density at radius 3 is 2.36 bits per heavy atom. The molecule has 4 aliphatic rings. The van der Waals surface area contributed by atoms with Crippen molar-refractivity contribution in [3.63, 3.8) is 0 Å². The van der Waals surface area contributed by atoms with Gasteiger partial charge in [0, 0.05) is 32.5 Å². The molecule has 0 saturated carbocycles. The van der Waals surface area contributed by atoms with Gasteiger partial charge < -0.3 is 45.3 Å². The molecular weight excluding hydrogens is 520 g/mol. The number of ether oxygens (including phenoxy) is 3. The van der Waals surface area contributed by atoms with Crippen LogP contribution in [0.5, 0.6) is 0 Å². The first-order valence-corrected chi connectivity index (χ1v) is 12.2. The van der Waals surface area contributed by atoms with Crippen molar-refractivity contribution in [1.29, 1.82) is 0 Å². The fourth-order valence-corrected chi connectivity index (χ4v) is 4.88. The Morgan fingerprint density at radius 2 is 1.77 bits per heavy atom. The Labute approximate surface area is 224 Å². The molecule has 2 amide bonds. The summed E-state index contributed by atoms with van der Waals surface area (Å²) in [5.74, 6) is -0.787. The van der Waals surface area contributed by atoms with E-state index in [1.54, 1.807) is 37.3 Å². The Kier molecular flexibility index (Phi) is 10.3. The fourth-order valence-electron chi connectivity index (χ4n) is 4.88. The van der Waals surface area contributed by atoms with Crippen LogP contribution in [0.15, 0.2) is 36.7 Å². The third-order valence-electron chi connectivity index (χ3n) is 6.96. The number of hydrogen-bond donors (Lipinski definition) is 5. The van der Waals surface area contributed by atoms with Gasteiger partial charge in [-0.1, -0.05) is 12.7 Å². The zero-order valence-electron chi connectivity index (χ0n) is 21.5. The number of nitrogens with zero attached hydrogens (tertiary/aromatic N) is 3. The van der Waals surface area contributed by atoms with Crippen LogP contribution in [0.1, 0.15) is 6.42 Å². The maximum atomic E-state index is 13.3. The summed E-state index contributed by atoms with van der Waals surface area (Å²) >= 11 is 0. The maximum absolute atomic E-state index is 13.3. The van der Waals surface area contributed by atoms with Crippen molar-refractivity contribution in [2.45, 2.75) is 67.7 Å². The minimum absolute atomic E-state index is 0.0184. The predicted octanol–water partition coefficient (Wildman–Crippen LogP) is -3.77. The number of allylic oxidation sites excluding steroid dienone is 1. The van der Waals surface area contributed by atoms with Gasteiger partial charge >= 0.3 is 6.15 Å². The van der Waals surface area contributed by atoms with E-state index >= 15 is 0 Å². The van der Waals surface area contributed by atoms with Gasteiger partial charge in [0.05, 0.1) is 6.42 Å². The quantitative estimate of drug-likeness (QED) is 0.214. The monoisotopic (exact) mass is 554 g/mol. The van der Waals surface area contributed by atoms with Crippen LogP contribution in [-0.4, -0.2) is 142 Å². The molecule has 0 spiro atoms. The number of carbonyl (C=O) groups is 2. The summed E-state index contributed by atoms with van der Waals surface area (Å²) in [5, 5.41) is 42.7. The molecule has 0 radical (unpaired) electrons. The number of aliphatic hydroxyl groups excluding tert-OH is 4.